The molecular formula is C18H15N5O. The van der Waals surface area contributed by atoms with Crippen molar-refractivity contribution in [1.82, 2.24) is 19.6 Å². The summed E-state index contributed by atoms with van der Waals surface area (Å²) in [6, 6.07) is 15.5. The highest BCUT2D eigenvalue weighted by Crippen LogP contribution is 2.24. The fourth-order valence-corrected chi connectivity index (χ4v) is 2.50. The number of hydrogen-bond acceptors (Lipinski definition) is 5. The number of methoxy groups -OCH3 is 1. The van der Waals surface area contributed by atoms with Crippen LogP contribution in [0.4, 0.5) is 11.5 Å². The molecular weight excluding hydrogens is 302 g/mol. The average molecular weight is 317 g/mol. The zero-order valence-corrected chi connectivity index (χ0v) is 13.0. The maximum Gasteiger partial charge on any atom is 0.157 e. The van der Waals surface area contributed by atoms with Gasteiger partial charge in [-0.15, -0.1) is 0 Å². The third-order valence-electron chi connectivity index (χ3n) is 3.69. The summed E-state index contributed by atoms with van der Waals surface area (Å²) in [7, 11) is 1.66. The maximum atomic E-state index is 5.26. The first-order valence-corrected chi connectivity index (χ1v) is 7.50. The number of nitrogens with one attached hydrogen (secondary N) is 1. The van der Waals surface area contributed by atoms with E-state index in [-0.39, 0.29) is 0 Å². The van der Waals surface area contributed by atoms with Crippen LogP contribution in [0.25, 0.3) is 16.9 Å². The van der Waals surface area contributed by atoms with Crippen molar-refractivity contribution < 1.29 is 4.74 Å². The first-order chi connectivity index (χ1) is 11.8. The molecule has 1 aromatic carbocycles. The van der Waals surface area contributed by atoms with Gasteiger partial charge in [0.05, 0.1) is 30.9 Å². The number of rotatable bonds is 4. The zero-order chi connectivity index (χ0) is 16.4. The minimum Gasteiger partial charge on any atom is -0.497 e. The molecule has 0 unspecified atom stereocenters. The zero-order valence-electron chi connectivity index (χ0n) is 13.0. The topological polar surface area (TPSA) is 64.3 Å². The predicted molar refractivity (Wildman–Crippen MR) is 92.5 cm³/mol. The van der Waals surface area contributed by atoms with Crippen LogP contribution in [0.2, 0.25) is 0 Å². The molecule has 3 heterocycles. The van der Waals surface area contributed by atoms with Gasteiger partial charge in [0.2, 0.25) is 0 Å². The number of aromatic nitrogens is 4. The van der Waals surface area contributed by atoms with Crippen LogP contribution < -0.4 is 10.1 Å². The van der Waals surface area contributed by atoms with Crippen molar-refractivity contribution in [2.45, 2.75) is 0 Å². The van der Waals surface area contributed by atoms with Crippen molar-refractivity contribution >= 4 is 17.2 Å². The normalized spacial score (nSPS) is 10.7. The van der Waals surface area contributed by atoms with E-state index in [1.807, 2.05) is 48.5 Å². The minimum atomic E-state index is 0.793. The number of fused-ring (bicyclic) bond motifs is 1. The van der Waals surface area contributed by atoms with Crippen LogP contribution in [0.5, 0.6) is 5.75 Å². The van der Waals surface area contributed by atoms with E-state index in [0.29, 0.717) is 0 Å². The fourth-order valence-electron chi connectivity index (χ4n) is 2.50. The van der Waals surface area contributed by atoms with Crippen molar-refractivity contribution in [2.24, 2.45) is 0 Å². The van der Waals surface area contributed by atoms with Crippen molar-refractivity contribution in [2.75, 3.05) is 12.4 Å². The summed E-state index contributed by atoms with van der Waals surface area (Å²) in [5, 5.41) is 7.56. The van der Waals surface area contributed by atoms with Crippen molar-refractivity contribution in [3.05, 3.63) is 67.1 Å². The Labute approximate surface area is 138 Å². The molecule has 0 amide bonds. The summed E-state index contributed by atoms with van der Waals surface area (Å²) in [4.78, 5) is 8.77. The number of nitrogens with zero attached hydrogens (tertiary/aromatic N) is 4. The van der Waals surface area contributed by atoms with Crippen LogP contribution in [0, 0.1) is 0 Å². The molecule has 0 aliphatic heterocycles. The lowest BCUT2D eigenvalue weighted by molar-refractivity contribution is 0.415. The van der Waals surface area contributed by atoms with E-state index >= 15 is 0 Å². The molecule has 118 valence electrons. The minimum absolute atomic E-state index is 0.793. The van der Waals surface area contributed by atoms with Gasteiger partial charge in [0.15, 0.2) is 5.65 Å². The van der Waals surface area contributed by atoms with Gasteiger partial charge >= 0.3 is 0 Å². The van der Waals surface area contributed by atoms with E-state index in [2.05, 4.69) is 20.4 Å². The summed E-state index contributed by atoms with van der Waals surface area (Å²) >= 11 is 0. The summed E-state index contributed by atoms with van der Waals surface area (Å²) < 4.78 is 7.00. The monoisotopic (exact) mass is 317 g/mol. The first-order valence-electron chi connectivity index (χ1n) is 7.50. The van der Waals surface area contributed by atoms with E-state index in [0.717, 1.165) is 34.2 Å². The van der Waals surface area contributed by atoms with E-state index in [1.54, 1.807) is 30.2 Å². The third kappa shape index (κ3) is 2.65. The average Bonchev–Trinajstić information content (AvgIpc) is 3.12. The molecule has 0 bridgehead atoms. The van der Waals surface area contributed by atoms with Gasteiger partial charge in [-0.3, -0.25) is 4.98 Å². The Balaban J connectivity index is 1.61. The number of pyridine rings is 1. The highest BCUT2D eigenvalue weighted by molar-refractivity contribution is 5.65. The fraction of sp³-hybridized carbons (Fsp3) is 0.0556. The molecule has 4 aromatic rings. The third-order valence-corrected chi connectivity index (χ3v) is 3.69. The lowest BCUT2D eigenvalue weighted by atomic mass is 10.1. The Morgan fingerprint density at radius 3 is 2.79 bits per heavy atom. The molecule has 0 saturated carbocycles. The molecule has 0 aliphatic carbocycles. The molecule has 0 saturated heterocycles. The first kappa shape index (κ1) is 14.2. The molecule has 1 N–H and O–H groups in total. The Hall–Kier alpha value is -3.41. The number of ether oxygens (including phenoxy) is 1. The molecule has 0 spiro atoms. The van der Waals surface area contributed by atoms with Gasteiger partial charge in [-0.2, -0.15) is 9.61 Å². The standard InChI is InChI=1S/C18H15N5O/c1-24-15-4-2-3-13(11-15)16-6-5-14(12-20-16)22-18-7-9-19-17-8-10-21-23(17)18/h2-12,22H,1H3. The summed E-state index contributed by atoms with van der Waals surface area (Å²) in [5.41, 5.74) is 3.57. The van der Waals surface area contributed by atoms with Crippen LogP contribution in [-0.2, 0) is 0 Å². The molecule has 3 aromatic heterocycles. The second-order valence-electron chi connectivity index (χ2n) is 5.22. The van der Waals surface area contributed by atoms with Crippen LogP contribution in [0.15, 0.2) is 67.1 Å². The Morgan fingerprint density at radius 1 is 1.00 bits per heavy atom. The van der Waals surface area contributed by atoms with Gasteiger partial charge in [-0.25, -0.2) is 4.98 Å². The molecule has 6 heteroatoms. The van der Waals surface area contributed by atoms with Crippen LogP contribution >= 0.6 is 0 Å². The van der Waals surface area contributed by atoms with Gasteiger partial charge in [0.1, 0.15) is 11.6 Å². The lowest BCUT2D eigenvalue weighted by Gasteiger charge is -2.09. The highest BCUT2D eigenvalue weighted by atomic mass is 16.5. The SMILES string of the molecule is COc1cccc(-c2ccc(Nc3ccnc4ccnn34)cn2)c1. The molecule has 6 nitrogen and oxygen atoms in total. The predicted octanol–water partition coefficient (Wildman–Crippen LogP) is 3.54. The number of benzene rings is 1. The molecule has 0 fully saturated rings. The van der Waals surface area contributed by atoms with Crippen molar-refractivity contribution in [3.8, 4) is 17.0 Å². The van der Waals surface area contributed by atoms with Crippen LogP contribution in [-0.4, -0.2) is 26.7 Å². The quantitative estimate of drug-likeness (QED) is 0.623. The lowest BCUT2D eigenvalue weighted by Crippen LogP contribution is -2.00. The van der Waals surface area contributed by atoms with E-state index in [9.17, 15) is 0 Å². The number of hydrogen-bond donors (Lipinski definition) is 1. The van der Waals surface area contributed by atoms with Crippen LogP contribution in [0.1, 0.15) is 0 Å². The molecule has 0 aliphatic rings. The van der Waals surface area contributed by atoms with Gasteiger partial charge in [-0.1, -0.05) is 12.1 Å². The van der Waals surface area contributed by atoms with E-state index in [4.69, 9.17) is 4.74 Å². The summed E-state index contributed by atoms with van der Waals surface area (Å²) in [6.07, 6.45) is 5.26. The second kappa shape index (κ2) is 6.00. The Morgan fingerprint density at radius 2 is 1.96 bits per heavy atom. The van der Waals surface area contributed by atoms with Crippen LogP contribution in [0.3, 0.4) is 0 Å². The van der Waals surface area contributed by atoms with Crippen molar-refractivity contribution in [1.29, 1.82) is 0 Å². The Kier molecular flexibility index (Phi) is 3.55. The summed E-state index contributed by atoms with van der Waals surface area (Å²) in [5.74, 6) is 1.65. The van der Waals surface area contributed by atoms with E-state index in [1.165, 1.54) is 0 Å². The maximum absolute atomic E-state index is 5.26. The van der Waals surface area contributed by atoms with Gasteiger partial charge in [0, 0.05) is 17.8 Å². The molecule has 0 atom stereocenters. The molecule has 0 radical (unpaired) electrons. The Bertz CT molecular complexity index is 978. The van der Waals surface area contributed by atoms with E-state index < -0.39 is 0 Å². The van der Waals surface area contributed by atoms with Gasteiger partial charge < -0.3 is 10.1 Å². The largest absolute Gasteiger partial charge is 0.497 e. The molecule has 24 heavy (non-hydrogen) atoms. The summed E-state index contributed by atoms with van der Waals surface area (Å²) in [6.45, 7) is 0. The smallest absolute Gasteiger partial charge is 0.157 e. The van der Waals surface area contributed by atoms with Crippen molar-refractivity contribution in [3.63, 3.8) is 0 Å². The molecule has 4 rings (SSSR count). The highest BCUT2D eigenvalue weighted by Gasteiger charge is 2.04. The number of anilines is 2. The van der Waals surface area contributed by atoms with Gasteiger partial charge in [-0.05, 0) is 30.3 Å². The van der Waals surface area contributed by atoms with Gasteiger partial charge in [0.25, 0.3) is 0 Å². The second-order valence-corrected chi connectivity index (χ2v) is 5.22.